The molecule has 0 unspecified atom stereocenters. The smallest absolute Gasteiger partial charge is 0.336 e. The van der Waals surface area contributed by atoms with Gasteiger partial charge in [-0.05, 0) is 53.6 Å². The van der Waals surface area contributed by atoms with Crippen LogP contribution >= 0.6 is 11.6 Å². The predicted octanol–water partition coefficient (Wildman–Crippen LogP) is 5.42. The molecule has 142 valence electrons. The van der Waals surface area contributed by atoms with E-state index in [1.54, 1.807) is 54.6 Å². The van der Waals surface area contributed by atoms with E-state index < -0.39 is 5.97 Å². The molecule has 3 aromatic rings. The monoisotopic (exact) mass is 394 g/mol. The zero-order valence-corrected chi connectivity index (χ0v) is 15.8. The third-order valence-electron chi connectivity index (χ3n) is 3.94. The van der Waals surface area contributed by atoms with Gasteiger partial charge in [0, 0.05) is 5.02 Å². The van der Waals surface area contributed by atoms with Crippen LogP contribution in [0.4, 0.5) is 0 Å². The molecule has 0 aliphatic carbocycles. The van der Waals surface area contributed by atoms with Crippen LogP contribution in [0.25, 0.3) is 11.6 Å². The average Bonchev–Trinajstić information content (AvgIpc) is 2.72. The van der Waals surface area contributed by atoms with Gasteiger partial charge in [-0.15, -0.1) is 0 Å². The molecule has 0 heterocycles. The fourth-order valence-electron chi connectivity index (χ4n) is 2.56. The number of aliphatic carboxylic acids is 1. The summed E-state index contributed by atoms with van der Waals surface area (Å²) in [5.74, 6) is 0.454. The molecule has 0 fully saturated rings. The summed E-state index contributed by atoms with van der Waals surface area (Å²) in [5, 5.41) is 10.1. The minimum atomic E-state index is -0.967. The van der Waals surface area contributed by atoms with Crippen LogP contribution in [0.15, 0.2) is 78.9 Å². The third kappa shape index (κ3) is 5.63. The predicted molar refractivity (Wildman–Crippen MR) is 111 cm³/mol. The van der Waals surface area contributed by atoms with Crippen LogP contribution in [0.3, 0.4) is 0 Å². The maximum Gasteiger partial charge on any atom is 0.336 e. The number of hydrogen-bond acceptors (Lipinski definition) is 3. The van der Waals surface area contributed by atoms with Gasteiger partial charge in [-0.2, -0.15) is 0 Å². The van der Waals surface area contributed by atoms with E-state index in [9.17, 15) is 9.90 Å². The van der Waals surface area contributed by atoms with Crippen LogP contribution in [-0.2, 0) is 4.79 Å². The Labute approximate surface area is 168 Å². The molecule has 28 heavy (non-hydrogen) atoms. The molecular formula is C23H19ClO4. The first-order valence-corrected chi connectivity index (χ1v) is 9.11. The van der Waals surface area contributed by atoms with Crippen molar-refractivity contribution in [3.05, 3.63) is 95.0 Å². The van der Waals surface area contributed by atoms with Gasteiger partial charge in [-0.1, -0.05) is 54.1 Å². The van der Waals surface area contributed by atoms with E-state index in [2.05, 4.69) is 0 Å². The lowest BCUT2D eigenvalue weighted by atomic mass is 10.0. The second-order valence-corrected chi connectivity index (χ2v) is 6.39. The van der Waals surface area contributed by atoms with Crippen molar-refractivity contribution in [2.24, 2.45) is 0 Å². The van der Waals surface area contributed by atoms with E-state index in [-0.39, 0.29) is 5.57 Å². The van der Waals surface area contributed by atoms with E-state index in [0.29, 0.717) is 29.5 Å². The minimum absolute atomic E-state index is 0.241. The van der Waals surface area contributed by atoms with E-state index in [1.807, 2.05) is 30.3 Å². The lowest BCUT2D eigenvalue weighted by Gasteiger charge is -2.09. The summed E-state index contributed by atoms with van der Waals surface area (Å²) in [6.45, 7) is 0.794. The van der Waals surface area contributed by atoms with Crippen molar-refractivity contribution in [3.63, 3.8) is 0 Å². The van der Waals surface area contributed by atoms with Crippen LogP contribution < -0.4 is 9.47 Å². The van der Waals surface area contributed by atoms with Crippen molar-refractivity contribution in [2.45, 2.75) is 0 Å². The zero-order chi connectivity index (χ0) is 19.8. The van der Waals surface area contributed by atoms with Gasteiger partial charge in [0.1, 0.15) is 24.7 Å². The van der Waals surface area contributed by atoms with Gasteiger partial charge in [-0.3, -0.25) is 0 Å². The molecule has 0 saturated heterocycles. The Hall–Kier alpha value is -3.24. The van der Waals surface area contributed by atoms with Crippen molar-refractivity contribution in [1.29, 1.82) is 0 Å². The Morgan fingerprint density at radius 3 is 1.89 bits per heavy atom. The normalized spacial score (nSPS) is 11.1. The summed E-state index contributed by atoms with van der Waals surface area (Å²) < 4.78 is 11.2. The number of hydrogen-bond donors (Lipinski definition) is 1. The Morgan fingerprint density at radius 2 is 1.36 bits per heavy atom. The van der Waals surface area contributed by atoms with Gasteiger partial charge >= 0.3 is 5.97 Å². The zero-order valence-electron chi connectivity index (χ0n) is 15.0. The summed E-state index contributed by atoms with van der Waals surface area (Å²) in [6.07, 6.45) is 1.64. The summed E-state index contributed by atoms with van der Waals surface area (Å²) in [7, 11) is 0. The van der Waals surface area contributed by atoms with Crippen molar-refractivity contribution in [1.82, 2.24) is 0 Å². The van der Waals surface area contributed by atoms with Gasteiger partial charge < -0.3 is 14.6 Å². The Kier molecular flexibility index (Phi) is 6.71. The van der Waals surface area contributed by atoms with Crippen molar-refractivity contribution < 1.29 is 19.4 Å². The maximum atomic E-state index is 11.6. The van der Waals surface area contributed by atoms with Crippen LogP contribution in [-0.4, -0.2) is 24.3 Å². The summed E-state index contributed by atoms with van der Waals surface area (Å²) in [5.41, 5.74) is 1.69. The topological polar surface area (TPSA) is 55.8 Å². The second kappa shape index (κ2) is 9.62. The first kappa shape index (κ1) is 19.5. The quantitative estimate of drug-likeness (QED) is 0.315. The fraction of sp³-hybridized carbons (Fsp3) is 0.0870. The highest BCUT2D eigenvalue weighted by Crippen LogP contribution is 2.21. The third-order valence-corrected chi connectivity index (χ3v) is 4.19. The number of carboxylic acid groups (broad SMARTS) is 1. The first-order valence-electron chi connectivity index (χ1n) is 8.73. The molecule has 5 heteroatoms. The Morgan fingerprint density at radius 1 is 0.821 bits per heavy atom. The highest BCUT2D eigenvalue weighted by Gasteiger charge is 2.09. The standard InChI is InChI=1S/C23H19ClO4/c24-19-8-12-21(13-9-19)28-15-14-27-20-10-6-17(7-11-20)16-22(23(25)26)18-4-2-1-3-5-18/h1-13,16H,14-15H2,(H,25,26)/b22-16+. The van der Waals surface area contributed by atoms with E-state index in [4.69, 9.17) is 21.1 Å². The van der Waals surface area contributed by atoms with Gasteiger partial charge in [-0.25, -0.2) is 4.79 Å². The molecule has 0 spiro atoms. The highest BCUT2D eigenvalue weighted by atomic mass is 35.5. The molecule has 0 saturated carbocycles. The fourth-order valence-corrected chi connectivity index (χ4v) is 2.69. The number of carboxylic acids is 1. The van der Waals surface area contributed by atoms with Crippen molar-refractivity contribution >= 4 is 29.2 Å². The number of halogens is 1. The van der Waals surface area contributed by atoms with Crippen LogP contribution in [0, 0.1) is 0 Å². The largest absolute Gasteiger partial charge is 0.490 e. The molecule has 0 aliphatic rings. The minimum Gasteiger partial charge on any atom is -0.490 e. The molecule has 4 nitrogen and oxygen atoms in total. The average molecular weight is 395 g/mol. The lowest BCUT2D eigenvalue weighted by molar-refractivity contribution is -0.130. The molecule has 0 atom stereocenters. The van der Waals surface area contributed by atoms with Crippen molar-refractivity contribution in [2.75, 3.05) is 13.2 Å². The van der Waals surface area contributed by atoms with Crippen LogP contribution in [0.5, 0.6) is 11.5 Å². The second-order valence-electron chi connectivity index (χ2n) is 5.95. The summed E-state index contributed by atoms with van der Waals surface area (Å²) in [4.78, 5) is 11.6. The molecule has 0 radical (unpaired) electrons. The van der Waals surface area contributed by atoms with Gasteiger partial charge in [0.25, 0.3) is 0 Å². The van der Waals surface area contributed by atoms with Crippen LogP contribution in [0.1, 0.15) is 11.1 Å². The molecule has 1 N–H and O–H groups in total. The molecular weight excluding hydrogens is 376 g/mol. The van der Waals surface area contributed by atoms with Gasteiger partial charge in [0.15, 0.2) is 0 Å². The summed E-state index contributed by atoms with van der Waals surface area (Å²) in [6, 6.07) is 23.4. The van der Waals surface area contributed by atoms with E-state index in [0.717, 1.165) is 11.3 Å². The van der Waals surface area contributed by atoms with Crippen molar-refractivity contribution in [3.8, 4) is 11.5 Å². The highest BCUT2D eigenvalue weighted by molar-refractivity contribution is 6.30. The number of ether oxygens (including phenoxy) is 2. The maximum absolute atomic E-state index is 11.6. The molecule has 0 aliphatic heterocycles. The summed E-state index contributed by atoms with van der Waals surface area (Å²) >= 11 is 5.83. The van der Waals surface area contributed by atoms with Gasteiger partial charge in [0.05, 0.1) is 5.57 Å². The lowest BCUT2D eigenvalue weighted by Crippen LogP contribution is -2.08. The van der Waals surface area contributed by atoms with E-state index in [1.165, 1.54) is 0 Å². The molecule has 3 rings (SSSR count). The molecule has 3 aromatic carbocycles. The van der Waals surface area contributed by atoms with Crippen LogP contribution in [0.2, 0.25) is 5.02 Å². The molecule has 0 aromatic heterocycles. The number of benzene rings is 3. The number of carbonyl (C=O) groups is 1. The molecule has 0 bridgehead atoms. The molecule has 0 amide bonds. The number of rotatable bonds is 8. The first-order chi connectivity index (χ1) is 13.6. The Balaban J connectivity index is 1.56. The van der Waals surface area contributed by atoms with E-state index >= 15 is 0 Å². The van der Waals surface area contributed by atoms with Gasteiger partial charge in [0.2, 0.25) is 0 Å². The SMILES string of the molecule is O=C(O)/C(=C/c1ccc(OCCOc2ccc(Cl)cc2)cc1)c1ccccc1. The Bertz CT molecular complexity index is 933.